The number of hydrogen-bond donors (Lipinski definition) is 1. The van der Waals surface area contributed by atoms with Gasteiger partial charge in [0.1, 0.15) is 5.75 Å². The molecule has 1 amide bonds. The number of hydrogen-bond acceptors (Lipinski definition) is 5. The third-order valence-electron chi connectivity index (χ3n) is 4.73. The molecule has 0 aliphatic carbocycles. The molecule has 142 valence electrons. The smallest absolute Gasteiger partial charge is 0.270 e. The fourth-order valence-corrected chi connectivity index (χ4v) is 3.28. The summed E-state index contributed by atoms with van der Waals surface area (Å²) >= 11 is 0. The molecule has 27 heavy (non-hydrogen) atoms. The fraction of sp³-hybridized carbons (Fsp3) is 0.350. The Morgan fingerprint density at radius 2 is 1.74 bits per heavy atom. The molecule has 7 nitrogen and oxygen atoms in total. The molecule has 7 heteroatoms. The molecule has 1 aliphatic rings. The summed E-state index contributed by atoms with van der Waals surface area (Å²) in [7, 11) is 1.57. The lowest BCUT2D eigenvalue weighted by atomic mass is 10.1. The summed E-state index contributed by atoms with van der Waals surface area (Å²) in [6.07, 6.45) is 4.43. The Bertz CT molecular complexity index is 812. The van der Waals surface area contributed by atoms with Crippen LogP contribution >= 0.6 is 0 Å². The number of methoxy groups -OCH3 is 1. The van der Waals surface area contributed by atoms with Gasteiger partial charge in [-0.1, -0.05) is 12.8 Å². The summed E-state index contributed by atoms with van der Waals surface area (Å²) in [6, 6.07) is 11.5. The van der Waals surface area contributed by atoms with Crippen LogP contribution in [-0.4, -0.2) is 31.0 Å². The van der Waals surface area contributed by atoms with Crippen molar-refractivity contribution in [2.24, 2.45) is 0 Å². The quantitative estimate of drug-likeness (QED) is 0.629. The number of nitro groups is 1. The maximum atomic E-state index is 12.9. The largest absolute Gasteiger partial charge is 0.497 e. The third-order valence-corrected chi connectivity index (χ3v) is 4.73. The minimum absolute atomic E-state index is 0.0894. The van der Waals surface area contributed by atoms with Gasteiger partial charge in [0, 0.05) is 30.9 Å². The van der Waals surface area contributed by atoms with Crippen molar-refractivity contribution in [1.29, 1.82) is 0 Å². The molecular formula is C20H23N3O4. The highest BCUT2D eigenvalue weighted by Crippen LogP contribution is 2.28. The zero-order valence-corrected chi connectivity index (χ0v) is 15.3. The van der Waals surface area contributed by atoms with E-state index < -0.39 is 4.92 Å². The number of carbonyl (C=O) groups excluding carboxylic acids is 1. The highest BCUT2D eigenvalue weighted by Gasteiger charge is 2.21. The van der Waals surface area contributed by atoms with Crippen LogP contribution in [0.1, 0.15) is 36.0 Å². The van der Waals surface area contributed by atoms with E-state index in [4.69, 9.17) is 4.74 Å². The van der Waals surface area contributed by atoms with Gasteiger partial charge < -0.3 is 15.0 Å². The normalized spacial score (nSPS) is 14.3. The first-order valence-electron chi connectivity index (χ1n) is 9.07. The molecule has 1 N–H and O–H groups in total. The summed E-state index contributed by atoms with van der Waals surface area (Å²) < 4.78 is 5.12. The van der Waals surface area contributed by atoms with E-state index in [1.54, 1.807) is 37.4 Å². The van der Waals surface area contributed by atoms with Crippen LogP contribution in [0.5, 0.6) is 5.75 Å². The zero-order chi connectivity index (χ0) is 19.2. The van der Waals surface area contributed by atoms with Crippen LogP contribution in [-0.2, 0) is 0 Å². The van der Waals surface area contributed by atoms with Gasteiger partial charge in [0.05, 0.1) is 23.3 Å². The molecule has 0 radical (unpaired) electrons. The van der Waals surface area contributed by atoms with Gasteiger partial charge in [-0.2, -0.15) is 0 Å². The number of rotatable bonds is 5. The molecule has 2 aromatic rings. The Morgan fingerprint density at radius 1 is 1.07 bits per heavy atom. The lowest BCUT2D eigenvalue weighted by Crippen LogP contribution is -2.27. The number of non-ortho nitro benzene ring substituents is 1. The van der Waals surface area contributed by atoms with Crippen LogP contribution in [0.15, 0.2) is 42.5 Å². The molecule has 0 spiro atoms. The van der Waals surface area contributed by atoms with Gasteiger partial charge in [-0.25, -0.2) is 0 Å². The Balaban J connectivity index is 1.90. The van der Waals surface area contributed by atoms with Crippen LogP contribution in [0.4, 0.5) is 17.1 Å². The van der Waals surface area contributed by atoms with E-state index in [1.807, 2.05) is 0 Å². The van der Waals surface area contributed by atoms with E-state index in [2.05, 4.69) is 10.2 Å². The topological polar surface area (TPSA) is 84.7 Å². The van der Waals surface area contributed by atoms with Crippen molar-refractivity contribution in [3.8, 4) is 5.75 Å². The first-order chi connectivity index (χ1) is 13.1. The molecule has 0 bridgehead atoms. The molecular weight excluding hydrogens is 346 g/mol. The summed E-state index contributed by atoms with van der Waals surface area (Å²) in [6.45, 7) is 1.70. The molecule has 1 saturated heterocycles. The van der Waals surface area contributed by atoms with E-state index in [1.165, 1.54) is 12.1 Å². The van der Waals surface area contributed by atoms with E-state index in [-0.39, 0.29) is 11.6 Å². The number of nitro benzene ring substituents is 1. The fourth-order valence-electron chi connectivity index (χ4n) is 3.28. The summed E-state index contributed by atoms with van der Waals surface area (Å²) in [4.78, 5) is 25.8. The Morgan fingerprint density at radius 3 is 2.33 bits per heavy atom. The Labute approximate surface area is 158 Å². The number of nitrogens with one attached hydrogen (secondary N) is 1. The highest BCUT2D eigenvalue weighted by atomic mass is 16.6. The molecule has 1 heterocycles. The van der Waals surface area contributed by atoms with Crippen molar-refractivity contribution in [2.75, 3.05) is 30.4 Å². The number of benzene rings is 2. The molecule has 0 aromatic heterocycles. The van der Waals surface area contributed by atoms with Gasteiger partial charge in [0.15, 0.2) is 0 Å². The monoisotopic (exact) mass is 369 g/mol. The Hall–Kier alpha value is -3.09. The third kappa shape index (κ3) is 4.55. The van der Waals surface area contributed by atoms with Crippen molar-refractivity contribution in [3.05, 3.63) is 58.1 Å². The Kier molecular flexibility index (Phi) is 5.90. The minimum Gasteiger partial charge on any atom is -0.497 e. The van der Waals surface area contributed by atoms with Crippen molar-refractivity contribution in [3.63, 3.8) is 0 Å². The van der Waals surface area contributed by atoms with Crippen molar-refractivity contribution >= 4 is 23.0 Å². The second-order valence-electron chi connectivity index (χ2n) is 6.54. The SMILES string of the molecule is COc1ccc(NC(=O)c2cc([N+](=O)[O-])ccc2N2CCCCCC2)cc1. The standard InChI is InChI=1S/C20H23N3O4/c1-27-17-9-6-15(7-10-17)21-20(24)18-14-16(23(25)26)8-11-19(18)22-12-4-2-3-5-13-22/h6-11,14H,2-5,12-13H2,1H3,(H,21,24). The number of nitrogens with zero attached hydrogens (tertiary/aromatic N) is 2. The average Bonchev–Trinajstić information content (AvgIpc) is 2.97. The van der Waals surface area contributed by atoms with Crippen LogP contribution in [0.2, 0.25) is 0 Å². The van der Waals surface area contributed by atoms with E-state index >= 15 is 0 Å². The molecule has 3 rings (SSSR count). The maximum absolute atomic E-state index is 12.9. The number of amides is 1. The van der Waals surface area contributed by atoms with Crippen LogP contribution in [0, 0.1) is 10.1 Å². The van der Waals surface area contributed by atoms with Gasteiger partial charge in [0.25, 0.3) is 11.6 Å². The van der Waals surface area contributed by atoms with E-state index in [0.717, 1.165) is 44.5 Å². The molecule has 0 saturated carbocycles. The molecule has 1 fully saturated rings. The van der Waals surface area contributed by atoms with Gasteiger partial charge in [-0.05, 0) is 43.2 Å². The minimum atomic E-state index is -0.476. The predicted molar refractivity (Wildman–Crippen MR) is 105 cm³/mol. The van der Waals surface area contributed by atoms with Gasteiger partial charge in [-0.3, -0.25) is 14.9 Å². The zero-order valence-electron chi connectivity index (χ0n) is 15.3. The molecule has 1 aliphatic heterocycles. The van der Waals surface area contributed by atoms with E-state index in [0.29, 0.717) is 17.0 Å². The second-order valence-corrected chi connectivity index (χ2v) is 6.54. The first kappa shape index (κ1) is 18.7. The van der Waals surface area contributed by atoms with Gasteiger partial charge in [0.2, 0.25) is 0 Å². The number of carbonyl (C=O) groups is 1. The average molecular weight is 369 g/mol. The van der Waals surface area contributed by atoms with Gasteiger partial charge in [-0.15, -0.1) is 0 Å². The van der Waals surface area contributed by atoms with Crippen LogP contribution in [0.25, 0.3) is 0 Å². The van der Waals surface area contributed by atoms with Crippen molar-refractivity contribution < 1.29 is 14.5 Å². The molecule has 0 atom stereocenters. The highest BCUT2D eigenvalue weighted by molar-refractivity contribution is 6.08. The molecule has 2 aromatic carbocycles. The van der Waals surface area contributed by atoms with Crippen molar-refractivity contribution in [1.82, 2.24) is 0 Å². The van der Waals surface area contributed by atoms with Gasteiger partial charge >= 0.3 is 0 Å². The second kappa shape index (κ2) is 8.53. The lowest BCUT2D eigenvalue weighted by molar-refractivity contribution is -0.384. The maximum Gasteiger partial charge on any atom is 0.270 e. The number of ether oxygens (including phenoxy) is 1. The summed E-state index contributed by atoms with van der Waals surface area (Å²) in [5.41, 5.74) is 1.58. The van der Waals surface area contributed by atoms with Crippen LogP contribution < -0.4 is 15.0 Å². The van der Waals surface area contributed by atoms with Crippen LogP contribution in [0.3, 0.4) is 0 Å². The number of anilines is 2. The lowest BCUT2D eigenvalue weighted by Gasteiger charge is -2.25. The summed E-state index contributed by atoms with van der Waals surface area (Å²) in [5, 5.41) is 14.0. The first-order valence-corrected chi connectivity index (χ1v) is 9.07. The molecule has 0 unspecified atom stereocenters. The predicted octanol–water partition coefficient (Wildman–Crippen LogP) is 4.24. The summed E-state index contributed by atoms with van der Waals surface area (Å²) in [5.74, 6) is 0.330. The van der Waals surface area contributed by atoms with Crippen molar-refractivity contribution in [2.45, 2.75) is 25.7 Å². The van der Waals surface area contributed by atoms with E-state index in [9.17, 15) is 14.9 Å².